The second-order valence-electron chi connectivity index (χ2n) is 3.77. The van der Waals surface area contributed by atoms with Gasteiger partial charge in [0.2, 0.25) is 0 Å². The van der Waals surface area contributed by atoms with Crippen LogP contribution in [0.4, 0.5) is 0 Å². The Balaban J connectivity index is 3.05. The minimum Gasteiger partial charge on any atom is -0.293 e. The highest BCUT2D eigenvalue weighted by atomic mass is 35.5. The molecule has 1 aromatic rings. The van der Waals surface area contributed by atoms with Crippen molar-refractivity contribution in [2.45, 2.75) is 26.7 Å². The molecule has 0 radical (unpaired) electrons. The number of halogens is 1. The number of Topliss-reactive ketones (excluding diaryl/α,β-unsaturated/α-hetero) is 1. The molecule has 1 rings (SSSR count). The third kappa shape index (κ3) is 2.62. The van der Waals surface area contributed by atoms with Crippen molar-refractivity contribution in [3.63, 3.8) is 0 Å². The molecule has 1 aromatic carbocycles. The molecule has 0 saturated heterocycles. The molecule has 0 fully saturated rings. The highest BCUT2D eigenvalue weighted by Gasteiger charge is 2.21. The molecule has 16 heavy (non-hydrogen) atoms. The Hall–Kier alpha value is -1.33. The van der Waals surface area contributed by atoms with E-state index in [4.69, 9.17) is 16.9 Å². The van der Waals surface area contributed by atoms with Crippen LogP contribution < -0.4 is 0 Å². The standard InChI is InChI=1S/C13H14ClNO/c1-3-5-10(8-15)13(16)11-7-4-6-9(2)12(11)14/h4,6-7,10H,3,5H2,1-2H3. The van der Waals surface area contributed by atoms with Gasteiger partial charge in [-0.25, -0.2) is 0 Å². The maximum Gasteiger partial charge on any atom is 0.181 e. The van der Waals surface area contributed by atoms with Gasteiger partial charge in [0, 0.05) is 5.56 Å². The quantitative estimate of drug-likeness (QED) is 0.746. The van der Waals surface area contributed by atoms with Crippen LogP contribution in [0.2, 0.25) is 5.02 Å². The molecular weight excluding hydrogens is 222 g/mol. The summed E-state index contributed by atoms with van der Waals surface area (Å²) in [6.07, 6.45) is 1.40. The Labute approximate surface area is 101 Å². The zero-order valence-corrected chi connectivity index (χ0v) is 10.2. The first-order chi connectivity index (χ1) is 7.61. The second kappa shape index (κ2) is 5.67. The van der Waals surface area contributed by atoms with Gasteiger partial charge in [0.25, 0.3) is 0 Å². The lowest BCUT2D eigenvalue weighted by Gasteiger charge is -2.09. The number of rotatable bonds is 4. The molecule has 84 valence electrons. The third-order valence-corrected chi connectivity index (χ3v) is 3.01. The van der Waals surface area contributed by atoms with Crippen LogP contribution in [0.3, 0.4) is 0 Å². The number of carbonyl (C=O) groups is 1. The normalized spacial score (nSPS) is 11.9. The maximum atomic E-state index is 12.0. The molecule has 0 aliphatic carbocycles. The summed E-state index contributed by atoms with van der Waals surface area (Å²) in [4.78, 5) is 12.0. The zero-order chi connectivity index (χ0) is 12.1. The topological polar surface area (TPSA) is 40.9 Å². The van der Waals surface area contributed by atoms with Crippen LogP contribution in [-0.4, -0.2) is 5.78 Å². The van der Waals surface area contributed by atoms with Gasteiger partial charge in [0.1, 0.15) is 5.92 Å². The number of ketones is 1. The van der Waals surface area contributed by atoms with Crippen LogP contribution in [0.15, 0.2) is 18.2 Å². The van der Waals surface area contributed by atoms with Gasteiger partial charge in [-0.3, -0.25) is 4.79 Å². The molecule has 0 bridgehead atoms. The van der Waals surface area contributed by atoms with Gasteiger partial charge < -0.3 is 0 Å². The Kier molecular flexibility index (Phi) is 4.52. The van der Waals surface area contributed by atoms with Crippen LogP contribution in [0.5, 0.6) is 0 Å². The summed E-state index contributed by atoms with van der Waals surface area (Å²) >= 11 is 6.06. The molecule has 0 aliphatic heterocycles. The first-order valence-corrected chi connectivity index (χ1v) is 5.68. The van der Waals surface area contributed by atoms with Gasteiger partial charge in [-0.1, -0.05) is 37.1 Å². The van der Waals surface area contributed by atoms with Crippen molar-refractivity contribution in [2.24, 2.45) is 5.92 Å². The van der Waals surface area contributed by atoms with Crippen molar-refractivity contribution in [3.8, 4) is 6.07 Å². The zero-order valence-electron chi connectivity index (χ0n) is 9.46. The lowest BCUT2D eigenvalue weighted by atomic mass is 9.94. The Morgan fingerprint density at radius 1 is 1.56 bits per heavy atom. The van der Waals surface area contributed by atoms with Gasteiger partial charge in [-0.05, 0) is 25.0 Å². The summed E-state index contributed by atoms with van der Waals surface area (Å²) in [6, 6.07) is 7.35. The predicted molar refractivity (Wildman–Crippen MR) is 64.5 cm³/mol. The number of aryl methyl sites for hydroxylation is 1. The third-order valence-electron chi connectivity index (χ3n) is 2.51. The molecule has 0 spiro atoms. The van der Waals surface area contributed by atoms with Crippen LogP contribution in [0.25, 0.3) is 0 Å². The lowest BCUT2D eigenvalue weighted by molar-refractivity contribution is 0.0943. The highest BCUT2D eigenvalue weighted by Crippen LogP contribution is 2.24. The molecule has 0 amide bonds. The monoisotopic (exact) mass is 235 g/mol. The Bertz CT molecular complexity index is 434. The second-order valence-corrected chi connectivity index (χ2v) is 4.15. The highest BCUT2D eigenvalue weighted by molar-refractivity contribution is 6.34. The largest absolute Gasteiger partial charge is 0.293 e. The van der Waals surface area contributed by atoms with E-state index in [9.17, 15) is 4.79 Å². The smallest absolute Gasteiger partial charge is 0.181 e. The average molecular weight is 236 g/mol. The summed E-state index contributed by atoms with van der Waals surface area (Å²) in [5.74, 6) is -0.748. The molecule has 3 heteroatoms. The lowest BCUT2D eigenvalue weighted by Crippen LogP contribution is -2.13. The van der Waals surface area contributed by atoms with Crippen LogP contribution >= 0.6 is 11.6 Å². The van der Waals surface area contributed by atoms with Crippen molar-refractivity contribution in [1.29, 1.82) is 5.26 Å². The Morgan fingerprint density at radius 3 is 2.81 bits per heavy atom. The minimum absolute atomic E-state index is 0.168. The van der Waals surface area contributed by atoms with E-state index in [1.165, 1.54) is 0 Å². The molecule has 0 aromatic heterocycles. The van der Waals surface area contributed by atoms with Crippen molar-refractivity contribution >= 4 is 17.4 Å². The van der Waals surface area contributed by atoms with E-state index in [1.807, 2.05) is 26.0 Å². The van der Waals surface area contributed by atoms with E-state index < -0.39 is 5.92 Å². The molecule has 0 saturated carbocycles. The molecular formula is C13H14ClNO. The van der Waals surface area contributed by atoms with E-state index in [2.05, 4.69) is 0 Å². The fourth-order valence-electron chi connectivity index (χ4n) is 1.57. The van der Waals surface area contributed by atoms with Crippen LogP contribution in [0, 0.1) is 24.2 Å². The summed E-state index contributed by atoms with van der Waals surface area (Å²) in [6.45, 7) is 3.80. The van der Waals surface area contributed by atoms with Crippen molar-refractivity contribution in [1.82, 2.24) is 0 Å². The molecule has 0 aliphatic rings. The van der Waals surface area contributed by atoms with Gasteiger partial charge >= 0.3 is 0 Å². The number of carbonyl (C=O) groups excluding carboxylic acids is 1. The first kappa shape index (κ1) is 12.7. The van der Waals surface area contributed by atoms with Crippen LogP contribution in [-0.2, 0) is 0 Å². The van der Waals surface area contributed by atoms with E-state index >= 15 is 0 Å². The maximum absolute atomic E-state index is 12.0. The van der Waals surface area contributed by atoms with E-state index in [0.717, 1.165) is 12.0 Å². The number of benzene rings is 1. The fourth-order valence-corrected chi connectivity index (χ4v) is 1.79. The number of nitrogens with zero attached hydrogens (tertiary/aromatic N) is 1. The summed E-state index contributed by atoms with van der Waals surface area (Å²) in [5, 5.41) is 9.40. The van der Waals surface area contributed by atoms with E-state index in [-0.39, 0.29) is 5.78 Å². The van der Waals surface area contributed by atoms with Crippen molar-refractivity contribution < 1.29 is 4.79 Å². The number of hydrogen-bond donors (Lipinski definition) is 0. The molecule has 1 unspecified atom stereocenters. The number of nitriles is 1. The van der Waals surface area contributed by atoms with Gasteiger partial charge in [-0.15, -0.1) is 0 Å². The molecule has 2 nitrogen and oxygen atoms in total. The average Bonchev–Trinajstić information content (AvgIpc) is 2.29. The van der Waals surface area contributed by atoms with Crippen LogP contribution in [0.1, 0.15) is 35.7 Å². The van der Waals surface area contributed by atoms with Gasteiger partial charge in [0.05, 0.1) is 11.1 Å². The first-order valence-electron chi connectivity index (χ1n) is 5.30. The predicted octanol–water partition coefficient (Wildman–Crippen LogP) is 3.77. The SMILES string of the molecule is CCCC(C#N)C(=O)c1cccc(C)c1Cl. The summed E-state index contributed by atoms with van der Waals surface area (Å²) in [5.41, 5.74) is 1.32. The Morgan fingerprint density at radius 2 is 2.25 bits per heavy atom. The van der Waals surface area contributed by atoms with E-state index in [0.29, 0.717) is 17.0 Å². The number of hydrogen-bond acceptors (Lipinski definition) is 2. The minimum atomic E-state index is -0.579. The van der Waals surface area contributed by atoms with Gasteiger partial charge in [-0.2, -0.15) is 5.26 Å². The summed E-state index contributed by atoms with van der Waals surface area (Å²) in [7, 11) is 0. The van der Waals surface area contributed by atoms with E-state index in [1.54, 1.807) is 12.1 Å². The summed E-state index contributed by atoms with van der Waals surface area (Å²) < 4.78 is 0. The molecule has 0 heterocycles. The molecule has 0 N–H and O–H groups in total. The van der Waals surface area contributed by atoms with Gasteiger partial charge in [0.15, 0.2) is 5.78 Å². The molecule has 1 atom stereocenters. The van der Waals surface area contributed by atoms with Crippen molar-refractivity contribution in [3.05, 3.63) is 34.3 Å². The fraction of sp³-hybridized carbons (Fsp3) is 0.385. The van der Waals surface area contributed by atoms with Crippen molar-refractivity contribution in [2.75, 3.05) is 0 Å².